The van der Waals surface area contributed by atoms with Crippen molar-refractivity contribution < 1.29 is 19.1 Å². The molecule has 2 aliphatic rings. The first-order valence-electron chi connectivity index (χ1n) is 5.21. The van der Waals surface area contributed by atoms with Gasteiger partial charge in [-0.05, 0) is 13.3 Å². The van der Waals surface area contributed by atoms with E-state index in [1.165, 1.54) is 0 Å². The molecule has 0 unspecified atom stereocenters. The molecule has 1 aliphatic heterocycles. The lowest BCUT2D eigenvalue weighted by Gasteiger charge is -2.31. The maximum Gasteiger partial charge on any atom is 0.311 e. The molecular weight excluding hydrogens is 299 g/mol. The summed E-state index contributed by atoms with van der Waals surface area (Å²) < 4.78 is 10.1. The third-order valence-corrected chi connectivity index (χ3v) is 5.06. The van der Waals surface area contributed by atoms with Crippen LogP contribution in [0.1, 0.15) is 13.3 Å². The van der Waals surface area contributed by atoms with Gasteiger partial charge in [0.05, 0.1) is 28.6 Å². The molecule has 1 aliphatic carbocycles. The van der Waals surface area contributed by atoms with Gasteiger partial charge < -0.3 is 9.47 Å². The highest BCUT2D eigenvalue weighted by Crippen LogP contribution is 2.44. The fourth-order valence-corrected chi connectivity index (χ4v) is 3.37. The summed E-state index contributed by atoms with van der Waals surface area (Å²) in [6.07, 6.45) is 0.326. The third kappa shape index (κ3) is 1.84. The fourth-order valence-electron chi connectivity index (χ4n) is 2.28. The fraction of sp³-hybridized carbons (Fsp3) is 0.800. The lowest BCUT2D eigenvalue weighted by Crippen LogP contribution is -2.45. The van der Waals surface area contributed by atoms with Crippen LogP contribution in [0.3, 0.4) is 0 Å². The average molecular weight is 312 g/mol. The molecule has 0 amide bonds. The van der Waals surface area contributed by atoms with Crippen molar-refractivity contribution in [3.63, 3.8) is 0 Å². The maximum absolute atomic E-state index is 11.8. The standard InChI is InChI=1S/C10H12BrClO4/c1-2-15-10(14)6-4-3-5(16-9(4)13)7(11)8(6)12/h4-8H,2-3H2,1H3/t4-,5-,6+,7-,8+/m0/s1. The topological polar surface area (TPSA) is 52.6 Å². The van der Waals surface area contributed by atoms with E-state index in [1.54, 1.807) is 6.92 Å². The van der Waals surface area contributed by atoms with Gasteiger partial charge in [0.15, 0.2) is 0 Å². The van der Waals surface area contributed by atoms with E-state index in [9.17, 15) is 9.59 Å². The zero-order valence-corrected chi connectivity index (χ0v) is 11.0. The zero-order chi connectivity index (χ0) is 11.9. The van der Waals surface area contributed by atoms with Crippen molar-refractivity contribution in [2.45, 2.75) is 29.7 Å². The molecule has 0 spiro atoms. The summed E-state index contributed by atoms with van der Waals surface area (Å²) in [5.41, 5.74) is 0. The lowest BCUT2D eigenvalue weighted by molar-refractivity contribution is -0.154. The van der Waals surface area contributed by atoms with Crippen molar-refractivity contribution in [3.05, 3.63) is 0 Å². The first-order valence-corrected chi connectivity index (χ1v) is 6.56. The second-order valence-electron chi connectivity index (χ2n) is 3.98. The minimum Gasteiger partial charge on any atom is -0.466 e. The van der Waals surface area contributed by atoms with Gasteiger partial charge in [-0.25, -0.2) is 0 Å². The van der Waals surface area contributed by atoms with E-state index in [0.29, 0.717) is 6.42 Å². The second kappa shape index (κ2) is 4.53. The molecule has 0 aromatic rings. The number of fused-ring (bicyclic) bond motifs is 2. The highest BCUT2D eigenvalue weighted by atomic mass is 79.9. The molecule has 2 rings (SSSR count). The Morgan fingerprint density at radius 3 is 3.00 bits per heavy atom. The first-order chi connectivity index (χ1) is 7.56. The second-order valence-corrected chi connectivity index (χ2v) is 5.55. The van der Waals surface area contributed by atoms with E-state index in [-0.39, 0.29) is 23.5 Å². The SMILES string of the molecule is CCOC(=O)[C@H]1[C@@H](Cl)[C@@H](Br)[C@@H]2C[C@@H]1C(=O)O2. The molecule has 1 saturated heterocycles. The summed E-state index contributed by atoms with van der Waals surface area (Å²) in [7, 11) is 0. The molecule has 2 bridgehead atoms. The summed E-state index contributed by atoms with van der Waals surface area (Å²) in [5, 5.41) is -0.464. The Hall–Kier alpha value is -0.290. The van der Waals surface area contributed by atoms with Crippen LogP contribution in [0.25, 0.3) is 0 Å². The van der Waals surface area contributed by atoms with E-state index < -0.39 is 23.2 Å². The highest BCUT2D eigenvalue weighted by Gasteiger charge is 2.56. The van der Waals surface area contributed by atoms with Crippen LogP contribution in [0.15, 0.2) is 0 Å². The van der Waals surface area contributed by atoms with Gasteiger partial charge in [0.1, 0.15) is 6.10 Å². The zero-order valence-electron chi connectivity index (χ0n) is 8.69. The van der Waals surface area contributed by atoms with Gasteiger partial charge in [-0.3, -0.25) is 9.59 Å². The van der Waals surface area contributed by atoms with Crippen molar-refractivity contribution in [2.24, 2.45) is 11.8 Å². The van der Waals surface area contributed by atoms with Gasteiger partial charge in [0.25, 0.3) is 0 Å². The van der Waals surface area contributed by atoms with Crippen LogP contribution >= 0.6 is 27.5 Å². The van der Waals surface area contributed by atoms with E-state index >= 15 is 0 Å². The molecule has 6 heteroatoms. The van der Waals surface area contributed by atoms with Crippen molar-refractivity contribution in [1.29, 1.82) is 0 Å². The molecule has 0 N–H and O–H groups in total. The molecule has 2 fully saturated rings. The molecule has 5 atom stereocenters. The monoisotopic (exact) mass is 310 g/mol. The Labute approximate surface area is 107 Å². The molecule has 90 valence electrons. The van der Waals surface area contributed by atoms with Crippen LogP contribution in [0.5, 0.6) is 0 Å². The quantitative estimate of drug-likeness (QED) is 0.572. The maximum atomic E-state index is 11.8. The number of rotatable bonds is 2. The van der Waals surface area contributed by atoms with Crippen molar-refractivity contribution in [2.75, 3.05) is 6.61 Å². The lowest BCUT2D eigenvalue weighted by atomic mass is 9.79. The van der Waals surface area contributed by atoms with Gasteiger partial charge in [0, 0.05) is 0 Å². The first kappa shape index (κ1) is 12.2. The third-order valence-electron chi connectivity index (χ3n) is 3.05. The number of alkyl halides is 2. The summed E-state index contributed by atoms with van der Waals surface area (Å²) in [4.78, 5) is 23.1. The van der Waals surface area contributed by atoms with Crippen LogP contribution < -0.4 is 0 Å². The van der Waals surface area contributed by atoms with Crippen LogP contribution in [0.2, 0.25) is 0 Å². The molecule has 1 saturated carbocycles. The van der Waals surface area contributed by atoms with Gasteiger partial charge in [0.2, 0.25) is 0 Å². The Bertz CT molecular complexity index is 322. The molecular formula is C10H12BrClO4. The van der Waals surface area contributed by atoms with E-state index in [2.05, 4.69) is 15.9 Å². The molecule has 1 heterocycles. The van der Waals surface area contributed by atoms with Gasteiger partial charge in [-0.1, -0.05) is 15.9 Å². The number of esters is 2. The largest absolute Gasteiger partial charge is 0.466 e. The molecule has 16 heavy (non-hydrogen) atoms. The van der Waals surface area contributed by atoms with E-state index in [1.807, 2.05) is 0 Å². The summed E-state index contributed by atoms with van der Waals surface area (Å²) in [6, 6.07) is 0. The Morgan fingerprint density at radius 2 is 2.38 bits per heavy atom. The van der Waals surface area contributed by atoms with E-state index in [0.717, 1.165) is 0 Å². The predicted molar refractivity (Wildman–Crippen MR) is 60.5 cm³/mol. The van der Waals surface area contributed by atoms with Gasteiger partial charge >= 0.3 is 11.9 Å². The average Bonchev–Trinajstić information content (AvgIpc) is 2.56. The number of ether oxygens (including phenoxy) is 2. The van der Waals surface area contributed by atoms with Crippen LogP contribution in [0.4, 0.5) is 0 Å². The van der Waals surface area contributed by atoms with Crippen LogP contribution in [-0.4, -0.2) is 34.9 Å². The highest BCUT2D eigenvalue weighted by molar-refractivity contribution is 9.09. The molecule has 0 aromatic carbocycles. The predicted octanol–water partition coefficient (Wildman–Crippen LogP) is 1.48. The minimum absolute atomic E-state index is 0.189. The van der Waals surface area contributed by atoms with Crippen molar-refractivity contribution >= 4 is 39.5 Å². The molecule has 4 nitrogen and oxygen atoms in total. The van der Waals surface area contributed by atoms with Gasteiger partial charge in [-0.15, -0.1) is 11.6 Å². The van der Waals surface area contributed by atoms with Gasteiger partial charge in [-0.2, -0.15) is 0 Å². The summed E-state index contributed by atoms with van der Waals surface area (Å²) in [6.45, 7) is 2.02. The van der Waals surface area contributed by atoms with Crippen LogP contribution in [-0.2, 0) is 19.1 Å². The van der Waals surface area contributed by atoms with Crippen LogP contribution in [0, 0.1) is 11.8 Å². The Balaban J connectivity index is 2.21. The Morgan fingerprint density at radius 1 is 1.69 bits per heavy atom. The number of hydrogen-bond acceptors (Lipinski definition) is 4. The molecule has 0 aromatic heterocycles. The smallest absolute Gasteiger partial charge is 0.311 e. The Kier molecular flexibility index (Phi) is 3.45. The molecule has 0 radical (unpaired) electrons. The van der Waals surface area contributed by atoms with Crippen molar-refractivity contribution in [1.82, 2.24) is 0 Å². The number of carbonyl (C=O) groups excluding carboxylic acids is 2. The normalized spacial score (nSPS) is 41.7. The number of halogens is 2. The summed E-state index contributed by atoms with van der Waals surface area (Å²) >= 11 is 9.56. The number of carbonyl (C=O) groups is 2. The van der Waals surface area contributed by atoms with Crippen molar-refractivity contribution in [3.8, 4) is 0 Å². The minimum atomic E-state index is -0.600. The summed E-state index contributed by atoms with van der Waals surface area (Å²) in [5.74, 6) is -1.79. The number of hydrogen-bond donors (Lipinski definition) is 0. The van der Waals surface area contributed by atoms with E-state index in [4.69, 9.17) is 21.1 Å².